The lowest BCUT2D eigenvalue weighted by molar-refractivity contribution is -0.141. The van der Waals surface area contributed by atoms with Crippen molar-refractivity contribution in [1.29, 1.82) is 0 Å². The summed E-state index contributed by atoms with van der Waals surface area (Å²) in [6.45, 7) is 12.2. The highest BCUT2D eigenvalue weighted by Crippen LogP contribution is 2.38. The largest absolute Gasteiger partial charge is 0.493 e. The van der Waals surface area contributed by atoms with Crippen molar-refractivity contribution in [1.82, 2.24) is 4.90 Å². The summed E-state index contributed by atoms with van der Waals surface area (Å²) in [6, 6.07) is 2.20. The highest BCUT2D eigenvalue weighted by Gasteiger charge is 2.32. The number of hydrogen-bond acceptors (Lipinski definition) is 3. The molecule has 1 saturated heterocycles. The van der Waals surface area contributed by atoms with E-state index in [4.69, 9.17) is 9.47 Å². The first kappa shape index (κ1) is 19.2. The lowest BCUT2D eigenvalue weighted by Crippen LogP contribution is -2.45. The van der Waals surface area contributed by atoms with Crippen LogP contribution in [0.1, 0.15) is 48.9 Å². The number of morpholine rings is 1. The molecular weight excluding hydrogens is 326 g/mol. The highest BCUT2D eigenvalue weighted by molar-refractivity contribution is 5.79. The van der Waals surface area contributed by atoms with Gasteiger partial charge in [0.25, 0.3) is 0 Å². The Hall–Kier alpha value is -1.55. The highest BCUT2D eigenvalue weighted by atomic mass is 16.5. The molecule has 3 rings (SSSR count). The number of rotatable bonds is 5. The van der Waals surface area contributed by atoms with Gasteiger partial charge in [-0.2, -0.15) is 0 Å². The molecule has 1 aromatic rings. The van der Waals surface area contributed by atoms with Crippen molar-refractivity contribution in [3.8, 4) is 5.75 Å². The maximum atomic E-state index is 12.9. The van der Waals surface area contributed by atoms with E-state index in [0.29, 0.717) is 25.0 Å². The first-order valence-corrected chi connectivity index (χ1v) is 10.1. The number of hydrogen-bond donors (Lipinski definition) is 0. The molecule has 1 aliphatic heterocycles. The smallest absolute Gasteiger partial charge is 0.225 e. The maximum absolute atomic E-state index is 12.9. The Labute approximate surface area is 157 Å². The van der Waals surface area contributed by atoms with Gasteiger partial charge < -0.3 is 14.4 Å². The van der Waals surface area contributed by atoms with Crippen LogP contribution in [-0.4, -0.2) is 43.7 Å². The SMILES string of the molecule is CCCOc1cc(C)c2c(c1C)C[C@H]([C@H](C)C(=O)N1CCOCC1)CC2. The summed E-state index contributed by atoms with van der Waals surface area (Å²) in [4.78, 5) is 14.9. The van der Waals surface area contributed by atoms with Gasteiger partial charge in [-0.3, -0.25) is 4.79 Å². The average molecular weight is 360 g/mol. The molecule has 0 aromatic heterocycles. The average Bonchev–Trinajstić information content (AvgIpc) is 2.68. The van der Waals surface area contributed by atoms with Gasteiger partial charge in [-0.25, -0.2) is 0 Å². The second kappa shape index (κ2) is 8.43. The number of carbonyl (C=O) groups is 1. The van der Waals surface area contributed by atoms with E-state index in [1.165, 1.54) is 22.3 Å². The minimum atomic E-state index is 0.0705. The van der Waals surface area contributed by atoms with E-state index in [1.54, 1.807) is 0 Å². The Morgan fingerprint density at radius 2 is 2.04 bits per heavy atom. The van der Waals surface area contributed by atoms with Gasteiger partial charge in [0.15, 0.2) is 0 Å². The lowest BCUT2D eigenvalue weighted by atomic mass is 9.74. The summed E-state index contributed by atoms with van der Waals surface area (Å²) in [5.74, 6) is 1.81. The molecule has 1 heterocycles. The summed E-state index contributed by atoms with van der Waals surface area (Å²) in [5, 5.41) is 0. The molecule has 1 aromatic carbocycles. The van der Waals surface area contributed by atoms with E-state index in [2.05, 4.69) is 33.8 Å². The van der Waals surface area contributed by atoms with E-state index >= 15 is 0 Å². The molecule has 0 unspecified atom stereocenters. The van der Waals surface area contributed by atoms with Crippen molar-refractivity contribution >= 4 is 5.91 Å². The molecule has 1 amide bonds. The standard InChI is InChI=1S/C22H33NO3/c1-5-10-26-21-13-15(2)19-7-6-18(14-20(19)17(21)4)16(3)22(24)23-8-11-25-12-9-23/h13,16,18H,5-12,14H2,1-4H3/t16-,18+/m0/s1. The fourth-order valence-corrected chi connectivity index (χ4v) is 4.39. The Bertz CT molecular complexity index is 649. The molecule has 0 N–H and O–H groups in total. The van der Waals surface area contributed by atoms with Crippen LogP contribution in [0.4, 0.5) is 0 Å². The van der Waals surface area contributed by atoms with Gasteiger partial charge in [0.2, 0.25) is 5.91 Å². The molecule has 0 bridgehead atoms. The quantitative estimate of drug-likeness (QED) is 0.805. The van der Waals surface area contributed by atoms with Gasteiger partial charge in [0.05, 0.1) is 19.8 Å². The van der Waals surface area contributed by atoms with E-state index in [0.717, 1.165) is 51.1 Å². The fourth-order valence-electron chi connectivity index (χ4n) is 4.39. The lowest BCUT2D eigenvalue weighted by Gasteiger charge is -2.35. The number of benzene rings is 1. The number of fused-ring (bicyclic) bond motifs is 1. The van der Waals surface area contributed by atoms with Crippen molar-refractivity contribution in [2.24, 2.45) is 11.8 Å². The maximum Gasteiger partial charge on any atom is 0.225 e. The summed E-state index contributed by atoms with van der Waals surface area (Å²) in [6.07, 6.45) is 4.17. The monoisotopic (exact) mass is 359 g/mol. The van der Waals surface area contributed by atoms with E-state index in [-0.39, 0.29) is 5.92 Å². The van der Waals surface area contributed by atoms with E-state index in [9.17, 15) is 4.79 Å². The normalized spacial score (nSPS) is 21.2. The van der Waals surface area contributed by atoms with E-state index in [1.807, 2.05) is 4.90 Å². The second-order valence-electron chi connectivity index (χ2n) is 7.85. The summed E-state index contributed by atoms with van der Waals surface area (Å²) in [7, 11) is 0. The van der Waals surface area contributed by atoms with Gasteiger partial charge in [0.1, 0.15) is 5.75 Å². The molecule has 0 radical (unpaired) electrons. The molecule has 4 nitrogen and oxygen atoms in total. The Morgan fingerprint density at radius 1 is 1.31 bits per heavy atom. The Kier molecular flexibility index (Phi) is 6.23. The zero-order valence-electron chi connectivity index (χ0n) is 16.8. The van der Waals surface area contributed by atoms with Crippen molar-refractivity contribution in [3.63, 3.8) is 0 Å². The van der Waals surface area contributed by atoms with Crippen molar-refractivity contribution in [2.75, 3.05) is 32.9 Å². The first-order chi connectivity index (χ1) is 12.5. The number of ether oxygens (including phenoxy) is 2. The summed E-state index contributed by atoms with van der Waals surface area (Å²) < 4.78 is 11.4. The number of carbonyl (C=O) groups excluding carboxylic acids is 1. The topological polar surface area (TPSA) is 38.8 Å². The van der Waals surface area contributed by atoms with Crippen LogP contribution in [0.25, 0.3) is 0 Å². The van der Waals surface area contributed by atoms with Crippen LogP contribution in [0.3, 0.4) is 0 Å². The molecule has 1 fully saturated rings. The van der Waals surface area contributed by atoms with Crippen LogP contribution in [0, 0.1) is 25.7 Å². The number of aryl methyl sites for hydroxylation is 1. The summed E-state index contributed by atoms with van der Waals surface area (Å²) >= 11 is 0. The van der Waals surface area contributed by atoms with Gasteiger partial charge in [0, 0.05) is 19.0 Å². The van der Waals surface area contributed by atoms with Crippen LogP contribution in [-0.2, 0) is 22.4 Å². The van der Waals surface area contributed by atoms with Crippen molar-refractivity contribution in [2.45, 2.75) is 53.4 Å². The fraction of sp³-hybridized carbons (Fsp3) is 0.682. The third-order valence-corrected chi connectivity index (χ3v) is 6.12. The van der Waals surface area contributed by atoms with Crippen LogP contribution >= 0.6 is 0 Å². The number of nitrogens with zero attached hydrogens (tertiary/aromatic N) is 1. The molecule has 0 saturated carbocycles. The Balaban J connectivity index is 1.77. The van der Waals surface area contributed by atoms with Gasteiger partial charge in [-0.1, -0.05) is 13.8 Å². The molecule has 1 aliphatic carbocycles. The third kappa shape index (κ3) is 3.90. The minimum absolute atomic E-state index is 0.0705. The van der Waals surface area contributed by atoms with Crippen molar-refractivity contribution in [3.05, 3.63) is 28.3 Å². The van der Waals surface area contributed by atoms with Crippen LogP contribution in [0.5, 0.6) is 5.75 Å². The first-order valence-electron chi connectivity index (χ1n) is 10.1. The van der Waals surface area contributed by atoms with Crippen LogP contribution in [0.15, 0.2) is 6.07 Å². The summed E-state index contributed by atoms with van der Waals surface area (Å²) in [5.41, 5.74) is 5.51. The van der Waals surface area contributed by atoms with Crippen molar-refractivity contribution < 1.29 is 14.3 Å². The predicted octanol–water partition coefficient (Wildman–Crippen LogP) is 3.69. The molecule has 26 heavy (non-hydrogen) atoms. The molecule has 2 aliphatic rings. The van der Waals surface area contributed by atoms with E-state index < -0.39 is 0 Å². The van der Waals surface area contributed by atoms with Crippen LogP contribution < -0.4 is 4.74 Å². The Morgan fingerprint density at radius 3 is 2.73 bits per heavy atom. The zero-order chi connectivity index (χ0) is 18.7. The molecular formula is C22H33NO3. The molecule has 144 valence electrons. The van der Waals surface area contributed by atoms with Crippen LogP contribution in [0.2, 0.25) is 0 Å². The van der Waals surface area contributed by atoms with Gasteiger partial charge in [-0.15, -0.1) is 0 Å². The number of amides is 1. The minimum Gasteiger partial charge on any atom is -0.493 e. The zero-order valence-corrected chi connectivity index (χ0v) is 16.8. The van der Waals surface area contributed by atoms with Gasteiger partial charge in [-0.05, 0) is 73.8 Å². The molecule has 2 atom stereocenters. The molecule has 4 heteroatoms. The molecule has 0 spiro atoms. The second-order valence-corrected chi connectivity index (χ2v) is 7.85. The third-order valence-electron chi connectivity index (χ3n) is 6.12. The predicted molar refractivity (Wildman–Crippen MR) is 104 cm³/mol. The van der Waals surface area contributed by atoms with Gasteiger partial charge >= 0.3 is 0 Å².